The van der Waals surface area contributed by atoms with Crippen molar-refractivity contribution < 1.29 is 10.0 Å². The molecule has 0 bridgehead atoms. The lowest BCUT2D eigenvalue weighted by Gasteiger charge is -2.18. The molecule has 0 radical (unpaired) electrons. The molecule has 0 aliphatic carbocycles. The molecule has 104 valence electrons. The van der Waals surface area contributed by atoms with Crippen LogP contribution in [0.15, 0.2) is 6.33 Å². The van der Waals surface area contributed by atoms with Crippen LogP contribution in [-0.2, 0) is 0 Å². The van der Waals surface area contributed by atoms with Crippen molar-refractivity contribution in [2.75, 3.05) is 30.4 Å². The first kappa shape index (κ1) is 13.5. The van der Waals surface area contributed by atoms with E-state index in [4.69, 9.17) is 0 Å². The lowest BCUT2D eigenvalue weighted by atomic mass is 10.0. The standard InChI is InChI=1S/C11H17N5O3/c1-7(17)8-3-4-15(5-8)11-9(16(18)19)10(12-2)13-6-14-11/h6-8,17H,3-5H2,1-2H3,(H,12,13,14). The molecule has 1 aliphatic heterocycles. The van der Waals surface area contributed by atoms with E-state index in [9.17, 15) is 15.2 Å². The SMILES string of the molecule is CNc1ncnc(N2CCC(C(C)O)C2)c1[N+](=O)[O-]. The van der Waals surface area contributed by atoms with Crippen LogP contribution in [0.25, 0.3) is 0 Å². The van der Waals surface area contributed by atoms with Crippen LogP contribution in [0.3, 0.4) is 0 Å². The van der Waals surface area contributed by atoms with Crippen LogP contribution in [0.2, 0.25) is 0 Å². The second kappa shape index (κ2) is 5.35. The van der Waals surface area contributed by atoms with Gasteiger partial charge in [-0.15, -0.1) is 0 Å². The molecule has 2 atom stereocenters. The van der Waals surface area contributed by atoms with Crippen molar-refractivity contribution in [2.24, 2.45) is 5.92 Å². The first-order valence-corrected chi connectivity index (χ1v) is 6.14. The zero-order valence-corrected chi connectivity index (χ0v) is 10.9. The fourth-order valence-electron chi connectivity index (χ4n) is 2.33. The van der Waals surface area contributed by atoms with Crippen molar-refractivity contribution in [3.63, 3.8) is 0 Å². The Morgan fingerprint density at radius 1 is 1.63 bits per heavy atom. The Morgan fingerprint density at radius 2 is 2.37 bits per heavy atom. The van der Waals surface area contributed by atoms with E-state index in [0.717, 1.165) is 6.42 Å². The van der Waals surface area contributed by atoms with E-state index < -0.39 is 11.0 Å². The topological polar surface area (TPSA) is 104 Å². The third kappa shape index (κ3) is 2.58. The van der Waals surface area contributed by atoms with Gasteiger partial charge in [-0.1, -0.05) is 0 Å². The molecular weight excluding hydrogens is 250 g/mol. The average Bonchev–Trinajstić information content (AvgIpc) is 2.87. The third-order valence-electron chi connectivity index (χ3n) is 3.43. The molecular formula is C11H17N5O3. The van der Waals surface area contributed by atoms with Crippen LogP contribution >= 0.6 is 0 Å². The van der Waals surface area contributed by atoms with E-state index in [2.05, 4.69) is 15.3 Å². The predicted octanol–water partition coefficient (Wildman–Crippen LogP) is 0.634. The second-order valence-corrected chi connectivity index (χ2v) is 4.64. The molecule has 8 heteroatoms. The summed E-state index contributed by atoms with van der Waals surface area (Å²) in [5, 5.41) is 23.5. The van der Waals surface area contributed by atoms with Crippen molar-refractivity contribution in [1.82, 2.24) is 9.97 Å². The van der Waals surface area contributed by atoms with Crippen LogP contribution < -0.4 is 10.2 Å². The maximum absolute atomic E-state index is 11.2. The highest BCUT2D eigenvalue weighted by atomic mass is 16.6. The smallest absolute Gasteiger partial charge is 0.353 e. The molecule has 0 amide bonds. The van der Waals surface area contributed by atoms with E-state index in [1.807, 2.05) is 4.90 Å². The van der Waals surface area contributed by atoms with Gasteiger partial charge in [-0.3, -0.25) is 10.1 Å². The van der Waals surface area contributed by atoms with Crippen LogP contribution in [0, 0.1) is 16.0 Å². The predicted molar refractivity (Wildman–Crippen MR) is 70.2 cm³/mol. The highest BCUT2D eigenvalue weighted by molar-refractivity contribution is 5.70. The summed E-state index contributed by atoms with van der Waals surface area (Å²) in [5.41, 5.74) is -0.115. The van der Waals surface area contributed by atoms with Gasteiger partial charge in [0.1, 0.15) is 6.33 Å². The third-order valence-corrected chi connectivity index (χ3v) is 3.43. The van der Waals surface area contributed by atoms with Crippen molar-refractivity contribution >= 4 is 17.3 Å². The lowest BCUT2D eigenvalue weighted by molar-refractivity contribution is -0.383. The van der Waals surface area contributed by atoms with Crippen molar-refractivity contribution in [2.45, 2.75) is 19.4 Å². The Morgan fingerprint density at radius 3 is 2.89 bits per heavy atom. The van der Waals surface area contributed by atoms with Crippen molar-refractivity contribution in [3.05, 3.63) is 16.4 Å². The van der Waals surface area contributed by atoms with Crippen LogP contribution in [0.1, 0.15) is 13.3 Å². The molecule has 2 heterocycles. The van der Waals surface area contributed by atoms with E-state index in [1.54, 1.807) is 14.0 Å². The van der Waals surface area contributed by atoms with Crippen LogP contribution in [0.4, 0.5) is 17.3 Å². The first-order valence-electron chi connectivity index (χ1n) is 6.14. The second-order valence-electron chi connectivity index (χ2n) is 4.64. The fourth-order valence-corrected chi connectivity index (χ4v) is 2.33. The zero-order chi connectivity index (χ0) is 14.0. The number of hydrogen-bond donors (Lipinski definition) is 2. The number of nitrogens with one attached hydrogen (secondary N) is 1. The minimum Gasteiger partial charge on any atom is -0.393 e. The van der Waals surface area contributed by atoms with Gasteiger partial charge in [0.05, 0.1) is 11.0 Å². The molecule has 0 spiro atoms. The Kier molecular flexibility index (Phi) is 3.79. The summed E-state index contributed by atoms with van der Waals surface area (Å²) in [6.45, 7) is 2.96. The van der Waals surface area contributed by atoms with Gasteiger partial charge in [-0.25, -0.2) is 9.97 Å². The average molecular weight is 267 g/mol. The molecule has 1 fully saturated rings. The number of aromatic nitrogens is 2. The largest absolute Gasteiger partial charge is 0.393 e. The Labute approximate surface area is 110 Å². The van der Waals surface area contributed by atoms with Gasteiger partial charge in [-0.2, -0.15) is 0 Å². The number of aliphatic hydroxyl groups is 1. The Hall–Kier alpha value is -1.96. The van der Waals surface area contributed by atoms with Gasteiger partial charge < -0.3 is 15.3 Å². The molecule has 1 aliphatic rings. The molecule has 0 saturated carbocycles. The molecule has 2 rings (SSSR count). The van der Waals surface area contributed by atoms with E-state index >= 15 is 0 Å². The summed E-state index contributed by atoms with van der Waals surface area (Å²) in [6.07, 6.45) is 1.69. The van der Waals surface area contributed by atoms with Gasteiger partial charge in [0.2, 0.25) is 11.6 Å². The molecule has 1 aromatic heterocycles. The normalized spacial score (nSPS) is 20.4. The summed E-state index contributed by atoms with van der Waals surface area (Å²) in [4.78, 5) is 20.4. The monoisotopic (exact) mass is 267 g/mol. The quantitative estimate of drug-likeness (QED) is 0.609. The summed E-state index contributed by atoms with van der Waals surface area (Å²) in [7, 11) is 1.59. The number of hydrogen-bond acceptors (Lipinski definition) is 7. The number of nitrogens with zero attached hydrogens (tertiary/aromatic N) is 4. The Bertz CT molecular complexity index is 479. The van der Waals surface area contributed by atoms with E-state index in [0.29, 0.717) is 18.9 Å². The maximum atomic E-state index is 11.2. The molecule has 2 unspecified atom stereocenters. The lowest BCUT2D eigenvalue weighted by Crippen LogP contribution is -2.25. The van der Waals surface area contributed by atoms with Gasteiger partial charge in [-0.05, 0) is 13.3 Å². The molecule has 2 N–H and O–H groups in total. The van der Waals surface area contributed by atoms with Gasteiger partial charge in [0, 0.05) is 26.1 Å². The summed E-state index contributed by atoms with van der Waals surface area (Å²) >= 11 is 0. The minimum absolute atomic E-state index is 0.115. The minimum atomic E-state index is -0.475. The molecule has 0 aromatic carbocycles. The molecule has 19 heavy (non-hydrogen) atoms. The summed E-state index contributed by atoms with van der Waals surface area (Å²) < 4.78 is 0. The molecule has 1 aromatic rings. The Balaban J connectivity index is 2.33. The van der Waals surface area contributed by atoms with Crippen LogP contribution in [0.5, 0.6) is 0 Å². The number of nitro groups is 1. The zero-order valence-electron chi connectivity index (χ0n) is 10.9. The fraction of sp³-hybridized carbons (Fsp3) is 0.636. The number of rotatable bonds is 4. The number of anilines is 2. The van der Waals surface area contributed by atoms with Gasteiger partial charge >= 0.3 is 5.69 Å². The van der Waals surface area contributed by atoms with Crippen molar-refractivity contribution in [1.29, 1.82) is 0 Å². The summed E-state index contributed by atoms with van der Waals surface area (Å²) in [5.74, 6) is 0.635. The van der Waals surface area contributed by atoms with Gasteiger partial charge in [0.25, 0.3) is 0 Å². The molecule has 8 nitrogen and oxygen atoms in total. The number of aliphatic hydroxyl groups excluding tert-OH is 1. The van der Waals surface area contributed by atoms with Gasteiger partial charge in [0.15, 0.2) is 0 Å². The maximum Gasteiger partial charge on any atom is 0.353 e. The van der Waals surface area contributed by atoms with E-state index in [-0.39, 0.29) is 17.4 Å². The highest BCUT2D eigenvalue weighted by Crippen LogP contribution is 2.34. The summed E-state index contributed by atoms with van der Waals surface area (Å²) in [6, 6.07) is 0. The van der Waals surface area contributed by atoms with E-state index in [1.165, 1.54) is 6.33 Å². The first-order chi connectivity index (χ1) is 9.04. The van der Waals surface area contributed by atoms with Crippen LogP contribution in [-0.4, -0.2) is 46.2 Å². The highest BCUT2D eigenvalue weighted by Gasteiger charge is 2.32. The molecule has 1 saturated heterocycles. The van der Waals surface area contributed by atoms with Crippen molar-refractivity contribution in [3.8, 4) is 0 Å².